The second-order valence-electron chi connectivity index (χ2n) is 10.7. The van der Waals surface area contributed by atoms with E-state index >= 15 is 0 Å². The molecule has 0 aliphatic carbocycles. The van der Waals surface area contributed by atoms with Gasteiger partial charge in [-0.05, 0) is 80.6 Å². The summed E-state index contributed by atoms with van der Waals surface area (Å²) in [5, 5.41) is 42.9. The van der Waals surface area contributed by atoms with Crippen molar-refractivity contribution >= 4 is 17.6 Å². The normalized spacial score (nSPS) is 12.7. The summed E-state index contributed by atoms with van der Waals surface area (Å²) in [5.74, 6) is -2.81. The van der Waals surface area contributed by atoms with E-state index in [2.05, 4.69) is 5.32 Å². The van der Waals surface area contributed by atoms with Gasteiger partial charge in [-0.3, -0.25) is 9.59 Å². The third kappa shape index (κ3) is 7.46. The van der Waals surface area contributed by atoms with Crippen molar-refractivity contribution in [2.24, 2.45) is 0 Å². The molecule has 5 N–H and O–H groups in total. The molecule has 8 nitrogen and oxygen atoms in total. The van der Waals surface area contributed by atoms with E-state index in [0.717, 1.165) is 0 Å². The highest BCUT2D eigenvalue weighted by molar-refractivity contribution is 6.11. The van der Waals surface area contributed by atoms with Gasteiger partial charge < -0.3 is 30.3 Å². The number of amides is 1. The predicted octanol–water partition coefficient (Wildman–Crippen LogP) is 6.16. The van der Waals surface area contributed by atoms with Crippen molar-refractivity contribution in [2.45, 2.75) is 57.8 Å². The number of aliphatic hydroxyl groups excluding tert-OH is 2. The molecule has 0 saturated heterocycles. The van der Waals surface area contributed by atoms with Gasteiger partial charge in [0.05, 0.1) is 24.3 Å². The van der Waals surface area contributed by atoms with Crippen LogP contribution in [-0.2, 0) is 11.2 Å². The smallest absolute Gasteiger partial charge is 0.305 e. The molecule has 0 aliphatic rings. The Balaban J connectivity index is 1.93. The van der Waals surface area contributed by atoms with Crippen LogP contribution in [0.25, 0.3) is 22.3 Å². The van der Waals surface area contributed by atoms with E-state index in [0.29, 0.717) is 27.9 Å². The number of aliphatic hydroxyl groups is 2. The van der Waals surface area contributed by atoms with E-state index in [1.54, 1.807) is 47.0 Å². The number of aromatic nitrogens is 1. The minimum Gasteiger partial charge on any atom is -0.506 e. The minimum absolute atomic E-state index is 0.116. The monoisotopic (exact) mass is 592 g/mol. The van der Waals surface area contributed by atoms with E-state index in [9.17, 15) is 33.7 Å². The summed E-state index contributed by atoms with van der Waals surface area (Å²) in [6, 6.07) is 17.3. The van der Waals surface area contributed by atoms with E-state index in [1.807, 2.05) is 13.8 Å². The molecule has 1 amide bonds. The molecule has 10 heteroatoms. The van der Waals surface area contributed by atoms with Gasteiger partial charge in [0.25, 0.3) is 5.91 Å². The molecule has 3 aromatic carbocycles. The number of aliphatic carboxylic acids is 1. The summed E-state index contributed by atoms with van der Waals surface area (Å²) in [4.78, 5) is 25.1. The fourth-order valence-electron chi connectivity index (χ4n) is 5.28. The molecular weight excluding hydrogens is 558 g/mol. The number of phenolic OH excluding ortho intramolecular Hbond substituents is 1. The summed E-state index contributed by atoms with van der Waals surface area (Å²) in [6.07, 6.45) is -2.65. The van der Waals surface area contributed by atoms with Crippen molar-refractivity contribution in [1.29, 1.82) is 0 Å². The molecule has 1 aromatic heterocycles. The number of carboxylic acids is 1. The molecule has 0 fully saturated rings. The van der Waals surface area contributed by atoms with Crippen molar-refractivity contribution in [2.75, 3.05) is 5.32 Å². The number of phenols is 1. The van der Waals surface area contributed by atoms with Crippen LogP contribution in [-0.4, -0.2) is 49.1 Å². The lowest BCUT2D eigenvalue weighted by molar-refractivity contribution is -0.139. The number of hydrogen-bond acceptors (Lipinski definition) is 5. The largest absolute Gasteiger partial charge is 0.506 e. The topological polar surface area (TPSA) is 132 Å². The number of carbonyl (C=O) groups excluding carboxylic acids is 1. The molecule has 0 saturated carbocycles. The number of benzene rings is 3. The summed E-state index contributed by atoms with van der Waals surface area (Å²) in [5.41, 5.74) is 3.12. The number of carboxylic acid groups (broad SMARTS) is 1. The Morgan fingerprint density at radius 3 is 1.93 bits per heavy atom. The van der Waals surface area contributed by atoms with Crippen LogP contribution in [0.5, 0.6) is 5.75 Å². The molecule has 1 heterocycles. The first-order valence-electron chi connectivity index (χ1n) is 13.9. The Hall–Kier alpha value is -4.54. The molecule has 0 aliphatic heterocycles. The standard InChI is InChI=1S/C33H34F2N2O6/c1-19(2)37-27(16-15-24(38)17-25(39)18-29(41)42)30(20-7-11-22(34)12-8-20)31(21-9-13-23(35)14-10-21)32(37)33(43)36-26-5-3-4-6-28(26)40/h3-14,19,24-25,38-40H,15-18H2,1-2H3,(H,36,43)(H,41,42)/t24-,25-/m1/s1. The molecule has 0 bridgehead atoms. The van der Waals surface area contributed by atoms with Gasteiger partial charge in [0, 0.05) is 22.9 Å². The van der Waals surface area contributed by atoms with Crippen LogP contribution in [0.15, 0.2) is 72.8 Å². The number of rotatable bonds is 12. The fraction of sp³-hybridized carbons (Fsp3) is 0.273. The third-order valence-electron chi connectivity index (χ3n) is 7.13. The second kappa shape index (κ2) is 13.6. The SMILES string of the molecule is CC(C)n1c(CC[C@@H](O)C[C@@H](O)CC(=O)O)c(-c2ccc(F)cc2)c(-c2ccc(F)cc2)c1C(=O)Nc1ccccc1O. The average Bonchev–Trinajstić information content (AvgIpc) is 3.29. The molecule has 226 valence electrons. The number of halogens is 2. The Kier molecular flexibility index (Phi) is 9.95. The molecule has 0 radical (unpaired) electrons. The van der Waals surface area contributed by atoms with Gasteiger partial charge in [0.15, 0.2) is 0 Å². The van der Waals surface area contributed by atoms with Gasteiger partial charge in [-0.1, -0.05) is 36.4 Å². The van der Waals surface area contributed by atoms with Crippen LogP contribution in [0.4, 0.5) is 14.5 Å². The highest BCUT2D eigenvalue weighted by atomic mass is 19.1. The summed E-state index contributed by atoms with van der Waals surface area (Å²) >= 11 is 0. The van der Waals surface area contributed by atoms with Crippen molar-refractivity contribution in [3.8, 4) is 28.0 Å². The minimum atomic E-state index is -1.24. The van der Waals surface area contributed by atoms with Gasteiger partial charge in [0.2, 0.25) is 0 Å². The quantitative estimate of drug-likeness (QED) is 0.125. The highest BCUT2D eigenvalue weighted by Gasteiger charge is 2.31. The number of nitrogens with zero attached hydrogens (tertiary/aromatic N) is 1. The highest BCUT2D eigenvalue weighted by Crippen LogP contribution is 2.43. The zero-order valence-corrected chi connectivity index (χ0v) is 23.8. The maximum absolute atomic E-state index is 14.1. The van der Waals surface area contributed by atoms with Gasteiger partial charge in [-0.15, -0.1) is 0 Å². The first-order chi connectivity index (χ1) is 20.5. The van der Waals surface area contributed by atoms with E-state index in [4.69, 9.17) is 5.11 Å². The number of nitrogens with one attached hydrogen (secondary N) is 1. The van der Waals surface area contributed by atoms with Crippen LogP contribution >= 0.6 is 0 Å². The zero-order valence-electron chi connectivity index (χ0n) is 23.8. The number of aromatic hydroxyl groups is 1. The molecule has 4 rings (SSSR count). The van der Waals surface area contributed by atoms with E-state index < -0.39 is 42.1 Å². The van der Waals surface area contributed by atoms with Crippen LogP contribution in [0.2, 0.25) is 0 Å². The fourth-order valence-corrected chi connectivity index (χ4v) is 5.28. The molecule has 0 unspecified atom stereocenters. The lowest BCUT2D eigenvalue weighted by Crippen LogP contribution is -2.22. The number of hydrogen-bond donors (Lipinski definition) is 5. The number of carbonyl (C=O) groups is 2. The van der Waals surface area contributed by atoms with Gasteiger partial charge >= 0.3 is 5.97 Å². The summed E-state index contributed by atoms with van der Waals surface area (Å²) < 4.78 is 29.9. The molecule has 43 heavy (non-hydrogen) atoms. The van der Waals surface area contributed by atoms with Gasteiger partial charge in [-0.2, -0.15) is 0 Å². The maximum Gasteiger partial charge on any atom is 0.305 e. The zero-order chi connectivity index (χ0) is 31.3. The molecule has 4 aromatic rings. The van der Waals surface area contributed by atoms with Crippen LogP contribution in [0.1, 0.15) is 55.3 Å². The third-order valence-corrected chi connectivity index (χ3v) is 7.13. The average molecular weight is 593 g/mol. The Bertz CT molecular complexity index is 1580. The molecule has 0 spiro atoms. The summed E-state index contributed by atoms with van der Waals surface area (Å²) in [7, 11) is 0. The first-order valence-corrected chi connectivity index (χ1v) is 13.9. The van der Waals surface area contributed by atoms with E-state index in [1.165, 1.54) is 30.3 Å². The van der Waals surface area contributed by atoms with E-state index in [-0.39, 0.29) is 42.4 Å². The Labute approximate surface area is 247 Å². The number of para-hydroxylation sites is 2. The second-order valence-corrected chi connectivity index (χ2v) is 10.7. The Morgan fingerprint density at radius 2 is 1.40 bits per heavy atom. The van der Waals surface area contributed by atoms with Crippen LogP contribution in [0.3, 0.4) is 0 Å². The van der Waals surface area contributed by atoms with Crippen LogP contribution < -0.4 is 5.32 Å². The lowest BCUT2D eigenvalue weighted by Gasteiger charge is -2.20. The van der Waals surface area contributed by atoms with Crippen molar-refractivity contribution in [3.05, 3.63) is 95.8 Å². The van der Waals surface area contributed by atoms with Gasteiger partial charge in [-0.25, -0.2) is 8.78 Å². The first kappa shape index (κ1) is 31.4. The Morgan fingerprint density at radius 1 is 0.837 bits per heavy atom. The predicted molar refractivity (Wildman–Crippen MR) is 159 cm³/mol. The van der Waals surface area contributed by atoms with Crippen LogP contribution in [0, 0.1) is 11.6 Å². The molecule has 2 atom stereocenters. The molecular formula is C33H34F2N2O6. The summed E-state index contributed by atoms with van der Waals surface area (Å²) in [6.45, 7) is 3.74. The lowest BCUT2D eigenvalue weighted by atomic mass is 9.92. The maximum atomic E-state index is 14.1. The van der Waals surface area contributed by atoms with Crippen molar-refractivity contribution < 1.29 is 38.8 Å². The number of anilines is 1. The van der Waals surface area contributed by atoms with Crippen molar-refractivity contribution in [1.82, 2.24) is 4.57 Å². The van der Waals surface area contributed by atoms with Gasteiger partial charge in [0.1, 0.15) is 23.1 Å². The van der Waals surface area contributed by atoms with Crippen molar-refractivity contribution in [3.63, 3.8) is 0 Å².